The van der Waals surface area contributed by atoms with Crippen molar-refractivity contribution in [2.75, 3.05) is 33.2 Å². The average Bonchev–Trinajstić information content (AvgIpc) is 3.34. The normalized spacial score (nSPS) is 22.7. The lowest BCUT2D eigenvalue weighted by Gasteiger charge is -2.19. The summed E-state index contributed by atoms with van der Waals surface area (Å²) in [7, 11) is 1.78. The van der Waals surface area contributed by atoms with Gasteiger partial charge in [-0.25, -0.2) is 4.39 Å². The van der Waals surface area contributed by atoms with Crippen LogP contribution in [0.3, 0.4) is 0 Å². The lowest BCUT2D eigenvalue weighted by atomic mass is 10.1. The Morgan fingerprint density at radius 2 is 2.20 bits per heavy atom. The molecule has 1 heterocycles. The van der Waals surface area contributed by atoms with E-state index in [0.717, 1.165) is 18.5 Å². The molecule has 0 aromatic heterocycles. The zero-order chi connectivity index (χ0) is 17.6. The van der Waals surface area contributed by atoms with Crippen molar-refractivity contribution >= 4 is 5.96 Å². The Balaban J connectivity index is 1.35. The third-order valence-corrected chi connectivity index (χ3v) is 4.85. The molecule has 0 amide bonds. The summed E-state index contributed by atoms with van der Waals surface area (Å²) in [5.74, 6) is 1.75. The van der Waals surface area contributed by atoms with Gasteiger partial charge in [0.2, 0.25) is 0 Å². The molecule has 2 aliphatic rings. The lowest BCUT2D eigenvalue weighted by Crippen LogP contribution is -2.43. The minimum atomic E-state index is -0.285. The molecule has 1 aromatic rings. The summed E-state index contributed by atoms with van der Waals surface area (Å²) in [5, 5.41) is 6.70. The summed E-state index contributed by atoms with van der Waals surface area (Å²) in [6.07, 6.45) is 3.94. The first-order valence-electron chi connectivity index (χ1n) is 9.25. The van der Waals surface area contributed by atoms with Crippen LogP contribution in [0.1, 0.15) is 26.2 Å². The summed E-state index contributed by atoms with van der Waals surface area (Å²) >= 11 is 0. The van der Waals surface area contributed by atoms with Crippen LogP contribution in [0, 0.1) is 11.7 Å². The molecule has 5 nitrogen and oxygen atoms in total. The van der Waals surface area contributed by atoms with Crippen molar-refractivity contribution in [2.45, 2.75) is 38.3 Å². The molecule has 0 bridgehead atoms. The van der Waals surface area contributed by atoms with Gasteiger partial charge in [-0.3, -0.25) is 4.99 Å². The van der Waals surface area contributed by atoms with E-state index in [4.69, 9.17) is 4.74 Å². The van der Waals surface area contributed by atoms with E-state index in [1.165, 1.54) is 44.5 Å². The second kappa shape index (κ2) is 8.52. The maximum absolute atomic E-state index is 13.2. The van der Waals surface area contributed by atoms with Crippen molar-refractivity contribution in [1.29, 1.82) is 0 Å². The van der Waals surface area contributed by atoms with Gasteiger partial charge in [-0.2, -0.15) is 0 Å². The number of hydrogen-bond donors (Lipinski definition) is 2. The van der Waals surface area contributed by atoms with Crippen LogP contribution >= 0.6 is 0 Å². The summed E-state index contributed by atoms with van der Waals surface area (Å²) in [4.78, 5) is 6.90. The first-order valence-corrected chi connectivity index (χ1v) is 9.25. The molecule has 1 aromatic carbocycles. The predicted octanol–water partition coefficient (Wildman–Crippen LogP) is 2.24. The van der Waals surface area contributed by atoms with Gasteiger partial charge >= 0.3 is 0 Å². The van der Waals surface area contributed by atoms with E-state index in [2.05, 4.69) is 20.5 Å². The highest BCUT2D eigenvalue weighted by molar-refractivity contribution is 5.79. The summed E-state index contributed by atoms with van der Waals surface area (Å²) in [6, 6.07) is 7.09. The molecule has 1 aliphatic carbocycles. The van der Waals surface area contributed by atoms with Crippen LogP contribution in [0.15, 0.2) is 29.3 Å². The minimum absolute atomic E-state index is 0.0859. The highest BCUT2D eigenvalue weighted by atomic mass is 19.1. The van der Waals surface area contributed by atoms with Gasteiger partial charge < -0.3 is 20.3 Å². The monoisotopic (exact) mass is 348 g/mol. The molecule has 2 N–H and O–H groups in total. The number of aliphatic imine (C=N–C) groups is 1. The number of likely N-dealkylation sites (tertiary alicyclic amines) is 1. The maximum Gasteiger partial charge on any atom is 0.191 e. The molecule has 0 radical (unpaired) electrons. The lowest BCUT2D eigenvalue weighted by molar-refractivity contribution is 0.223. The van der Waals surface area contributed by atoms with E-state index in [9.17, 15) is 4.39 Å². The molecule has 2 unspecified atom stereocenters. The van der Waals surface area contributed by atoms with Crippen LogP contribution in [-0.2, 0) is 0 Å². The quantitative estimate of drug-likeness (QED) is 0.586. The molecule has 2 atom stereocenters. The average molecular weight is 348 g/mol. The molecular weight excluding hydrogens is 319 g/mol. The Hall–Kier alpha value is -1.82. The molecule has 1 saturated heterocycles. The number of hydrogen-bond acceptors (Lipinski definition) is 3. The van der Waals surface area contributed by atoms with Crippen molar-refractivity contribution < 1.29 is 9.13 Å². The first kappa shape index (κ1) is 18.0. The molecule has 6 heteroatoms. The molecule has 138 valence electrons. The van der Waals surface area contributed by atoms with E-state index < -0.39 is 0 Å². The number of rotatable bonds is 7. The molecule has 1 saturated carbocycles. The van der Waals surface area contributed by atoms with E-state index in [-0.39, 0.29) is 11.9 Å². The van der Waals surface area contributed by atoms with Gasteiger partial charge in [-0.05, 0) is 50.8 Å². The van der Waals surface area contributed by atoms with Crippen LogP contribution in [0.5, 0.6) is 5.75 Å². The van der Waals surface area contributed by atoms with Crippen molar-refractivity contribution in [2.24, 2.45) is 10.9 Å². The van der Waals surface area contributed by atoms with Crippen LogP contribution in [-0.4, -0.2) is 56.2 Å². The first-order chi connectivity index (χ1) is 12.1. The Morgan fingerprint density at radius 1 is 1.36 bits per heavy atom. The van der Waals surface area contributed by atoms with Crippen LogP contribution in [0.4, 0.5) is 4.39 Å². The topological polar surface area (TPSA) is 48.9 Å². The number of ether oxygens (including phenoxy) is 1. The van der Waals surface area contributed by atoms with Crippen LogP contribution in [0.25, 0.3) is 0 Å². The summed E-state index contributed by atoms with van der Waals surface area (Å²) in [6.45, 7) is 5.95. The van der Waals surface area contributed by atoms with Gasteiger partial charge in [0.05, 0.1) is 6.54 Å². The van der Waals surface area contributed by atoms with Crippen LogP contribution < -0.4 is 15.4 Å². The Kier molecular flexibility index (Phi) is 6.13. The largest absolute Gasteiger partial charge is 0.489 e. The van der Waals surface area contributed by atoms with Gasteiger partial charge in [0, 0.05) is 32.2 Å². The van der Waals surface area contributed by atoms with Gasteiger partial charge in [0.1, 0.15) is 17.7 Å². The zero-order valence-electron chi connectivity index (χ0n) is 15.2. The number of guanidine groups is 1. The molecular formula is C19H29FN4O. The molecule has 3 rings (SSSR count). The number of benzene rings is 1. The van der Waals surface area contributed by atoms with E-state index >= 15 is 0 Å². The van der Waals surface area contributed by atoms with Gasteiger partial charge in [-0.15, -0.1) is 0 Å². The smallest absolute Gasteiger partial charge is 0.191 e. The fourth-order valence-corrected chi connectivity index (χ4v) is 3.32. The number of nitrogens with zero attached hydrogens (tertiary/aromatic N) is 2. The molecule has 0 spiro atoms. The standard InChI is InChI=1S/C19H29FN4O/c1-14(25-18-5-3-4-16(20)10-18)11-22-19(21-2)23-12-15-8-9-24(13-15)17-6-7-17/h3-5,10,14-15,17H,6-9,11-13H2,1-2H3,(H2,21,22,23). The van der Waals surface area contributed by atoms with Crippen LogP contribution in [0.2, 0.25) is 0 Å². The number of nitrogens with one attached hydrogen (secondary N) is 2. The molecule has 1 aliphatic heterocycles. The summed E-state index contributed by atoms with van der Waals surface area (Å²) in [5.41, 5.74) is 0. The fraction of sp³-hybridized carbons (Fsp3) is 0.632. The van der Waals surface area contributed by atoms with E-state index in [1.807, 2.05) is 6.92 Å². The number of halogens is 1. The van der Waals surface area contributed by atoms with Gasteiger partial charge in [0.25, 0.3) is 0 Å². The van der Waals surface area contributed by atoms with Crippen molar-refractivity contribution in [3.8, 4) is 5.75 Å². The Morgan fingerprint density at radius 3 is 2.92 bits per heavy atom. The highest BCUT2D eigenvalue weighted by Crippen LogP contribution is 2.31. The maximum atomic E-state index is 13.2. The van der Waals surface area contributed by atoms with Crippen molar-refractivity contribution in [3.63, 3.8) is 0 Å². The van der Waals surface area contributed by atoms with Crippen molar-refractivity contribution in [3.05, 3.63) is 30.1 Å². The van der Waals surface area contributed by atoms with Gasteiger partial charge in [-0.1, -0.05) is 6.07 Å². The third-order valence-electron chi connectivity index (χ3n) is 4.85. The zero-order valence-corrected chi connectivity index (χ0v) is 15.2. The second-order valence-electron chi connectivity index (χ2n) is 7.10. The Bertz CT molecular complexity index is 591. The van der Waals surface area contributed by atoms with Gasteiger partial charge in [0.15, 0.2) is 5.96 Å². The van der Waals surface area contributed by atoms with Crippen molar-refractivity contribution in [1.82, 2.24) is 15.5 Å². The molecule has 2 fully saturated rings. The summed E-state index contributed by atoms with van der Waals surface area (Å²) < 4.78 is 18.9. The highest BCUT2D eigenvalue weighted by Gasteiger charge is 2.34. The third kappa shape index (κ3) is 5.59. The molecule has 25 heavy (non-hydrogen) atoms. The van der Waals surface area contributed by atoms with E-state index in [1.54, 1.807) is 19.2 Å². The SMILES string of the molecule is CN=C(NCC1CCN(C2CC2)C1)NCC(C)Oc1cccc(F)c1. The predicted molar refractivity (Wildman–Crippen MR) is 98.6 cm³/mol. The minimum Gasteiger partial charge on any atom is -0.489 e. The van der Waals surface area contributed by atoms with E-state index in [0.29, 0.717) is 18.2 Å². The second-order valence-corrected chi connectivity index (χ2v) is 7.10. The fourth-order valence-electron chi connectivity index (χ4n) is 3.32. The Labute approximate surface area is 149 Å².